The topological polar surface area (TPSA) is 85.9 Å². The minimum absolute atomic E-state index is 0.0589. The molecule has 1 N–H and O–H groups in total. The van der Waals surface area contributed by atoms with E-state index in [1.165, 1.54) is 0 Å². The number of thioether (sulfide) groups is 1. The Bertz CT molecular complexity index is 831. The van der Waals surface area contributed by atoms with Crippen LogP contribution >= 0.6 is 11.8 Å². The lowest BCUT2D eigenvalue weighted by Gasteiger charge is -2.10. The van der Waals surface area contributed by atoms with Crippen LogP contribution in [-0.2, 0) is 0 Å². The van der Waals surface area contributed by atoms with Gasteiger partial charge >= 0.3 is 0 Å². The van der Waals surface area contributed by atoms with Crippen LogP contribution in [0.2, 0.25) is 0 Å². The second-order valence-electron chi connectivity index (χ2n) is 4.86. The number of nitrogens with zero attached hydrogens (tertiary/aromatic N) is 2. The van der Waals surface area contributed by atoms with E-state index in [9.17, 15) is 4.79 Å². The zero-order valence-corrected chi connectivity index (χ0v) is 14.3. The Morgan fingerprint density at radius 3 is 2.28 bits per heavy atom. The molecule has 2 aromatic rings. The molecule has 0 atom stereocenters. The molecule has 25 heavy (non-hydrogen) atoms. The summed E-state index contributed by atoms with van der Waals surface area (Å²) in [7, 11) is 1.56. The van der Waals surface area contributed by atoms with Gasteiger partial charge in [0.2, 0.25) is 0 Å². The van der Waals surface area contributed by atoms with Crippen LogP contribution in [0.4, 0.5) is 5.69 Å². The van der Waals surface area contributed by atoms with E-state index in [2.05, 4.69) is 5.32 Å². The molecule has 2 aromatic carbocycles. The molecule has 0 heterocycles. The van der Waals surface area contributed by atoms with Gasteiger partial charge in [-0.25, -0.2) is 0 Å². The number of para-hydroxylation sites is 1. The third-order valence-corrected chi connectivity index (χ3v) is 4.24. The Kier molecular flexibility index (Phi) is 6.65. The number of nitrogens with one attached hydrogen (secondary N) is 1. The molecular weight excluding hydrogens is 334 g/mol. The van der Waals surface area contributed by atoms with Crippen LogP contribution in [0.25, 0.3) is 0 Å². The van der Waals surface area contributed by atoms with Crippen LogP contribution in [-0.4, -0.2) is 18.6 Å². The second kappa shape index (κ2) is 9.17. The number of hydrogen-bond acceptors (Lipinski definition) is 6. The number of nitriles is 2. The fourth-order valence-electron chi connectivity index (χ4n) is 1.95. The Hall–Kier alpha value is -3.22. The van der Waals surface area contributed by atoms with Gasteiger partial charge < -0.3 is 10.1 Å². The molecule has 0 spiro atoms. The first-order chi connectivity index (χ1) is 12.2. The predicted molar refractivity (Wildman–Crippen MR) is 98.1 cm³/mol. The molecule has 0 unspecified atom stereocenters. The normalized spacial score (nSPS) is 9.40. The monoisotopic (exact) mass is 349 g/mol. The SMILES string of the molecule is COc1ccc(C(=O)CSC(Nc2ccccc2)=C(C#N)C#N)cc1. The molecule has 0 aliphatic carbocycles. The summed E-state index contributed by atoms with van der Waals surface area (Å²) in [6, 6.07) is 19.7. The Labute approximate surface area is 150 Å². The average molecular weight is 349 g/mol. The van der Waals surface area contributed by atoms with Crippen molar-refractivity contribution < 1.29 is 9.53 Å². The Morgan fingerprint density at radius 2 is 1.72 bits per heavy atom. The maximum atomic E-state index is 12.3. The molecule has 0 aliphatic rings. The molecule has 124 valence electrons. The summed E-state index contributed by atoms with van der Waals surface area (Å²) in [4.78, 5) is 12.3. The number of Topliss-reactive ketones (excluding diaryl/α,β-unsaturated/α-hetero) is 1. The summed E-state index contributed by atoms with van der Waals surface area (Å²) in [5, 5.41) is 21.7. The van der Waals surface area contributed by atoms with Crippen molar-refractivity contribution in [3.8, 4) is 17.9 Å². The number of carbonyl (C=O) groups excluding carboxylic acids is 1. The smallest absolute Gasteiger partial charge is 0.173 e. The number of carbonyl (C=O) groups is 1. The average Bonchev–Trinajstić information content (AvgIpc) is 2.67. The molecule has 5 nitrogen and oxygen atoms in total. The first-order valence-corrected chi connectivity index (χ1v) is 8.33. The second-order valence-corrected chi connectivity index (χ2v) is 5.84. The van der Waals surface area contributed by atoms with Crippen molar-refractivity contribution in [3.63, 3.8) is 0 Å². The molecule has 2 rings (SSSR count). The molecule has 0 bridgehead atoms. The maximum absolute atomic E-state index is 12.3. The largest absolute Gasteiger partial charge is 0.497 e. The van der Waals surface area contributed by atoms with Gasteiger partial charge in [-0.15, -0.1) is 0 Å². The lowest BCUT2D eigenvalue weighted by molar-refractivity contribution is 0.102. The molecule has 0 aromatic heterocycles. The van der Waals surface area contributed by atoms with Crippen LogP contribution in [0.15, 0.2) is 65.2 Å². The summed E-state index contributed by atoms with van der Waals surface area (Å²) < 4.78 is 5.07. The van der Waals surface area contributed by atoms with Crippen molar-refractivity contribution >= 4 is 23.2 Å². The van der Waals surface area contributed by atoms with Gasteiger partial charge in [-0.2, -0.15) is 10.5 Å². The molecule has 0 saturated carbocycles. The number of methoxy groups -OCH3 is 1. The van der Waals surface area contributed by atoms with Crippen molar-refractivity contribution in [1.82, 2.24) is 0 Å². The van der Waals surface area contributed by atoms with E-state index < -0.39 is 0 Å². The highest BCUT2D eigenvalue weighted by molar-refractivity contribution is 8.03. The number of anilines is 1. The number of benzene rings is 2. The molecule has 0 radical (unpaired) electrons. The van der Waals surface area contributed by atoms with E-state index in [0.29, 0.717) is 16.3 Å². The third-order valence-electron chi connectivity index (χ3n) is 3.24. The maximum Gasteiger partial charge on any atom is 0.173 e. The first kappa shape index (κ1) is 18.1. The highest BCUT2D eigenvalue weighted by Gasteiger charge is 2.12. The van der Waals surface area contributed by atoms with Crippen molar-refractivity contribution in [2.24, 2.45) is 0 Å². The van der Waals surface area contributed by atoms with Gasteiger partial charge in [-0.1, -0.05) is 30.0 Å². The van der Waals surface area contributed by atoms with Gasteiger partial charge in [0.15, 0.2) is 11.4 Å². The molecular formula is C19H15N3O2S. The summed E-state index contributed by atoms with van der Waals surface area (Å²) in [6.07, 6.45) is 0. The number of hydrogen-bond donors (Lipinski definition) is 1. The van der Waals surface area contributed by atoms with Gasteiger partial charge in [-0.05, 0) is 36.4 Å². The number of allylic oxidation sites excluding steroid dienone is 1. The van der Waals surface area contributed by atoms with E-state index in [1.807, 2.05) is 42.5 Å². The fraction of sp³-hybridized carbons (Fsp3) is 0.105. The van der Waals surface area contributed by atoms with Crippen LogP contribution in [0.3, 0.4) is 0 Å². The van der Waals surface area contributed by atoms with Crippen molar-refractivity contribution in [3.05, 3.63) is 70.8 Å². The van der Waals surface area contributed by atoms with E-state index >= 15 is 0 Å². The fourth-order valence-corrected chi connectivity index (χ4v) is 2.82. The van der Waals surface area contributed by atoms with Crippen LogP contribution in [0, 0.1) is 22.7 Å². The van der Waals surface area contributed by atoms with Gasteiger partial charge in [0, 0.05) is 11.3 Å². The molecule has 0 saturated heterocycles. The summed E-state index contributed by atoms with van der Waals surface area (Å²) in [6.45, 7) is 0. The highest BCUT2D eigenvalue weighted by Crippen LogP contribution is 2.24. The number of ether oxygens (including phenoxy) is 1. The zero-order valence-electron chi connectivity index (χ0n) is 13.5. The molecule has 0 aliphatic heterocycles. The van der Waals surface area contributed by atoms with E-state index in [0.717, 1.165) is 17.4 Å². The van der Waals surface area contributed by atoms with Crippen LogP contribution < -0.4 is 10.1 Å². The number of rotatable bonds is 7. The van der Waals surface area contributed by atoms with Gasteiger partial charge in [0.1, 0.15) is 22.9 Å². The minimum atomic E-state index is -0.102. The first-order valence-electron chi connectivity index (χ1n) is 7.34. The standard InChI is InChI=1S/C19H15N3O2S/c1-24-17-9-7-14(8-10-17)18(23)13-25-19(15(11-20)12-21)22-16-5-3-2-4-6-16/h2-10,22H,13H2,1H3. The number of ketones is 1. The Balaban J connectivity index is 2.12. The lowest BCUT2D eigenvalue weighted by Crippen LogP contribution is -2.06. The third kappa shape index (κ3) is 5.13. The van der Waals surface area contributed by atoms with Crippen molar-refractivity contribution in [2.75, 3.05) is 18.2 Å². The summed E-state index contributed by atoms with van der Waals surface area (Å²) in [5.41, 5.74) is 1.23. The molecule has 6 heteroatoms. The highest BCUT2D eigenvalue weighted by atomic mass is 32.2. The van der Waals surface area contributed by atoms with E-state index in [1.54, 1.807) is 31.4 Å². The zero-order chi connectivity index (χ0) is 18.1. The predicted octanol–water partition coefficient (Wildman–Crippen LogP) is 3.98. The lowest BCUT2D eigenvalue weighted by atomic mass is 10.1. The van der Waals surface area contributed by atoms with Gasteiger partial charge in [0.25, 0.3) is 0 Å². The van der Waals surface area contributed by atoms with E-state index in [4.69, 9.17) is 15.3 Å². The quantitative estimate of drug-likeness (QED) is 0.601. The van der Waals surface area contributed by atoms with E-state index in [-0.39, 0.29) is 17.1 Å². The van der Waals surface area contributed by atoms with Gasteiger partial charge in [0.05, 0.1) is 12.9 Å². The minimum Gasteiger partial charge on any atom is -0.497 e. The van der Waals surface area contributed by atoms with Crippen LogP contribution in [0.1, 0.15) is 10.4 Å². The van der Waals surface area contributed by atoms with Gasteiger partial charge in [-0.3, -0.25) is 4.79 Å². The Morgan fingerprint density at radius 1 is 1.08 bits per heavy atom. The van der Waals surface area contributed by atoms with Crippen LogP contribution in [0.5, 0.6) is 5.75 Å². The molecule has 0 fully saturated rings. The molecule has 0 amide bonds. The summed E-state index contributed by atoms with van der Waals surface area (Å²) >= 11 is 1.13. The summed E-state index contributed by atoms with van der Waals surface area (Å²) in [5.74, 6) is 0.677. The van der Waals surface area contributed by atoms with Crippen molar-refractivity contribution in [1.29, 1.82) is 10.5 Å². The van der Waals surface area contributed by atoms with Crippen molar-refractivity contribution in [2.45, 2.75) is 0 Å².